The van der Waals surface area contributed by atoms with Gasteiger partial charge in [0.25, 0.3) is 0 Å². The zero-order valence-corrected chi connectivity index (χ0v) is 7.93. The highest BCUT2D eigenvalue weighted by Crippen LogP contribution is 2.17. The Bertz CT molecular complexity index is 147. The Morgan fingerprint density at radius 3 is 2.73 bits per heavy atom. The summed E-state index contributed by atoms with van der Waals surface area (Å²) in [6.45, 7) is 7.05. The van der Waals surface area contributed by atoms with Gasteiger partial charge in [-0.1, -0.05) is 25.5 Å². The minimum Gasteiger partial charge on any atom is -0.306 e. The van der Waals surface area contributed by atoms with Crippen molar-refractivity contribution in [2.45, 2.75) is 26.7 Å². The first-order valence-electron chi connectivity index (χ1n) is 4.57. The average Bonchev–Trinajstić information content (AvgIpc) is 2.13. The summed E-state index contributed by atoms with van der Waals surface area (Å²) in [5.74, 6) is 0.751. The topological polar surface area (TPSA) is 3.24 Å². The highest BCUT2D eigenvalue weighted by molar-refractivity contribution is 5.06. The highest BCUT2D eigenvalue weighted by atomic mass is 15.1. The van der Waals surface area contributed by atoms with Crippen molar-refractivity contribution in [1.29, 1.82) is 0 Å². The van der Waals surface area contributed by atoms with Gasteiger partial charge >= 0.3 is 0 Å². The van der Waals surface area contributed by atoms with Crippen molar-refractivity contribution < 1.29 is 0 Å². The lowest BCUT2D eigenvalue weighted by Crippen LogP contribution is -2.19. The van der Waals surface area contributed by atoms with Crippen LogP contribution in [0, 0.1) is 5.92 Å². The third-order valence-electron chi connectivity index (χ3n) is 2.44. The smallest absolute Gasteiger partial charge is 0.00157 e. The quantitative estimate of drug-likeness (QED) is 0.522. The maximum absolute atomic E-state index is 2.42. The minimum atomic E-state index is 0.751. The Kier molecular flexibility index (Phi) is 3.13. The van der Waals surface area contributed by atoms with Crippen LogP contribution in [0.5, 0.6) is 0 Å². The largest absolute Gasteiger partial charge is 0.306 e. The van der Waals surface area contributed by atoms with E-state index in [0.29, 0.717) is 0 Å². The molecule has 0 radical (unpaired) electrons. The van der Waals surface area contributed by atoms with Crippen molar-refractivity contribution in [3.63, 3.8) is 0 Å². The molecule has 0 spiro atoms. The van der Waals surface area contributed by atoms with Crippen LogP contribution in [-0.4, -0.2) is 25.0 Å². The predicted molar refractivity (Wildman–Crippen MR) is 49.7 cm³/mol. The molecule has 1 nitrogen and oxygen atoms in total. The van der Waals surface area contributed by atoms with Gasteiger partial charge in [0.15, 0.2) is 0 Å². The highest BCUT2D eigenvalue weighted by Gasteiger charge is 2.08. The van der Waals surface area contributed by atoms with Gasteiger partial charge in [-0.25, -0.2) is 0 Å². The fraction of sp³-hybridized carbons (Fsp3) is 0.800. The maximum atomic E-state index is 2.42. The monoisotopic (exact) mass is 153 g/mol. The van der Waals surface area contributed by atoms with Crippen LogP contribution >= 0.6 is 0 Å². The fourth-order valence-electron chi connectivity index (χ4n) is 1.53. The van der Waals surface area contributed by atoms with Crippen LogP contribution in [0.25, 0.3) is 0 Å². The van der Waals surface area contributed by atoms with Gasteiger partial charge in [-0.05, 0) is 25.8 Å². The van der Waals surface area contributed by atoms with E-state index in [1.165, 1.54) is 25.9 Å². The molecule has 0 fully saturated rings. The van der Waals surface area contributed by atoms with Crippen LogP contribution in [0.4, 0.5) is 0 Å². The maximum Gasteiger partial charge on any atom is 0.00157 e. The Balaban J connectivity index is 2.48. The summed E-state index contributed by atoms with van der Waals surface area (Å²) in [4.78, 5) is 2.41. The fourth-order valence-corrected chi connectivity index (χ4v) is 1.53. The van der Waals surface area contributed by atoms with E-state index in [1.54, 1.807) is 5.57 Å². The van der Waals surface area contributed by atoms with E-state index >= 15 is 0 Å². The second-order valence-corrected chi connectivity index (χ2v) is 3.78. The molecule has 0 aromatic rings. The normalized spacial score (nSPS) is 21.6. The number of hydrogen-bond acceptors (Lipinski definition) is 1. The molecule has 0 atom stereocenters. The molecular weight excluding hydrogens is 134 g/mol. The van der Waals surface area contributed by atoms with E-state index in [1.807, 2.05) is 0 Å². The first-order valence-corrected chi connectivity index (χ1v) is 4.57. The van der Waals surface area contributed by atoms with Gasteiger partial charge in [0.05, 0.1) is 0 Å². The summed E-state index contributed by atoms with van der Waals surface area (Å²) in [6, 6.07) is 0. The van der Waals surface area contributed by atoms with Gasteiger partial charge < -0.3 is 4.90 Å². The van der Waals surface area contributed by atoms with Gasteiger partial charge in [0, 0.05) is 13.1 Å². The first-order chi connectivity index (χ1) is 5.20. The molecule has 64 valence electrons. The number of nitrogens with zero attached hydrogens (tertiary/aromatic N) is 1. The molecule has 1 rings (SSSR count). The molecule has 0 saturated heterocycles. The van der Waals surface area contributed by atoms with Crippen molar-refractivity contribution in [3.8, 4) is 0 Å². The molecule has 0 aromatic heterocycles. The summed E-state index contributed by atoms with van der Waals surface area (Å²) in [5, 5.41) is 0. The van der Waals surface area contributed by atoms with E-state index in [4.69, 9.17) is 0 Å². The molecule has 0 N–H and O–H groups in total. The zero-order chi connectivity index (χ0) is 8.27. The molecule has 0 bridgehead atoms. The second-order valence-electron chi connectivity index (χ2n) is 3.78. The van der Waals surface area contributed by atoms with E-state index in [2.05, 4.69) is 31.9 Å². The molecule has 11 heavy (non-hydrogen) atoms. The van der Waals surface area contributed by atoms with Crippen molar-refractivity contribution >= 4 is 0 Å². The summed E-state index contributed by atoms with van der Waals surface area (Å²) < 4.78 is 0. The lowest BCUT2D eigenvalue weighted by Gasteiger charge is -2.13. The van der Waals surface area contributed by atoms with Gasteiger partial charge in [0.2, 0.25) is 0 Å². The van der Waals surface area contributed by atoms with Crippen LogP contribution in [0.3, 0.4) is 0 Å². The van der Waals surface area contributed by atoms with E-state index in [9.17, 15) is 0 Å². The Morgan fingerprint density at radius 1 is 1.36 bits per heavy atom. The van der Waals surface area contributed by atoms with Crippen molar-refractivity contribution in [1.82, 2.24) is 4.90 Å². The molecule has 0 aromatic carbocycles. The summed E-state index contributed by atoms with van der Waals surface area (Å²) in [5.41, 5.74) is 1.65. The van der Waals surface area contributed by atoms with Crippen LogP contribution < -0.4 is 0 Å². The lowest BCUT2D eigenvalue weighted by molar-refractivity contribution is 0.350. The second kappa shape index (κ2) is 3.91. The molecule has 0 saturated carbocycles. The Morgan fingerprint density at radius 2 is 2.09 bits per heavy atom. The molecule has 0 amide bonds. The molecule has 1 aliphatic rings. The van der Waals surface area contributed by atoms with Gasteiger partial charge in [-0.3, -0.25) is 0 Å². The summed E-state index contributed by atoms with van der Waals surface area (Å²) in [7, 11) is 2.21. The summed E-state index contributed by atoms with van der Waals surface area (Å²) >= 11 is 0. The van der Waals surface area contributed by atoms with Crippen molar-refractivity contribution in [2.75, 3.05) is 20.1 Å². The Labute approximate surface area is 70.1 Å². The van der Waals surface area contributed by atoms with E-state index in [0.717, 1.165) is 5.92 Å². The van der Waals surface area contributed by atoms with E-state index < -0.39 is 0 Å². The molecule has 0 unspecified atom stereocenters. The van der Waals surface area contributed by atoms with E-state index in [-0.39, 0.29) is 0 Å². The van der Waals surface area contributed by atoms with Gasteiger partial charge in [0.1, 0.15) is 0 Å². The number of rotatable bonds is 1. The zero-order valence-electron chi connectivity index (χ0n) is 7.93. The van der Waals surface area contributed by atoms with Crippen LogP contribution in [0.2, 0.25) is 0 Å². The summed E-state index contributed by atoms with van der Waals surface area (Å²) in [6.07, 6.45) is 4.94. The molecule has 1 aliphatic heterocycles. The molecule has 1 heterocycles. The van der Waals surface area contributed by atoms with Crippen LogP contribution in [0.1, 0.15) is 26.7 Å². The van der Waals surface area contributed by atoms with Crippen LogP contribution in [0.15, 0.2) is 11.6 Å². The SMILES string of the molecule is CC(C)C1=CCCN(C)CC1. The van der Waals surface area contributed by atoms with Gasteiger partial charge in [-0.2, -0.15) is 0 Å². The molecular formula is C10H19N. The van der Waals surface area contributed by atoms with Crippen molar-refractivity contribution in [3.05, 3.63) is 11.6 Å². The predicted octanol–water partition coefficient (Wildman–Crippen LogP) is 2.29. The average molecular weight is 153 g/mol. The third kappa shape index (κ3) is 2.66. The first kappa shape index (κ1) is 8.79. The molecule has 0 aliphatic carbocycles. The standard InChI is InChI=1S/C10H19N/c1-9(2)10-5-4-7-11(3)8-6-10/h5,9H,4,6-8H2,1-3H3. The Hall–Kier alpha value is -0.300. The lowest BCUT2D eigenvalue weighted by atomic mass is 10.00. The van der Waals surface area contributed by atoms with Gasteiger partial charge in [-0.15, -0.1) is 0 Å². The third-order valence-corrected chi connectivity index (χ3v) is 2.44. The number of hydrogen-bond donors (Lipinski definition) is 0. The molecule has 1 heteroatoms. The van der Waals surface area contributed by atoms with Crippen molar-refractivity contribution in [2.24, 2.45) is 5.92 Å². The minimum absolute atomic E-state index is 0.751. The van der Waals surface area contributed by atoms with Crippen LogP contribution in [-0.2, 0) is 0 Å².